The third-order valence-electron chi connectivity index (χ3n) is 3.16. The van der Waals surface area contributed by atoms with Crippen LogP contribution in [0.15, 0.2) is 18.2 Å². The molecule has 0 bridgehead atoms. The van der Waals surface area contributed by atoms with Crippen molar-refractivity contribution in [3.05, 3.63) is 35.4 Å². The quantitative estimate of drug-likeness (QED) is 0.684. The summed E-state index contributed by atoms with van der Waals surface area (Å²) in [6.45, 7) is 6.22. The molecule has 16 heavy (non-hydrogen) atoms. The summed E-state index contributed by atoms with van der Waals surface area (Å²) in [5, 5.41) is -0.0811. The van der Waals surface area contributed by atoms with Crippen LogP contribution in [0.4, 0.5) is 8.78 Å². The van der Waals surface area contributed by atoms with Crippen molar-refractivity contribution in [2.75, 3.05) is 0 Å². The molecule has 0 spiro atoms. The average molecular weight is 247 g/mol. The Balaban J connectivity index is 2.77. The molecule has 3 heteroatoms. The lowest BCUT2D eigenvalue weighted by Gasteiger charge is -2.28. The van der Waals surface area contributed by atoms with Gasteiger partial charge in [0.1, 0.15) is 0 Å². The second kappa shape index (κ2) is 5.13. The van der Waals surface area contributed by atoms with Crippen molar-refractivity contribution in [3.8, 4) is 0 Å². The van der Waals surface area contributed by atoms with Crippen molar-refractivity contribution in [1.82, 2.24) is 0 Å². The fourth-order valence-electron chi connectivity index (χ4n) is 1.37. The molecule has 0 saturated heterocycles. The summed E-state index contributed by atoms with van der Waals surface area (Å²) >= 11 is 6.28. The maximum absolute atomic E-state index is 13.0. The predicted molar refractivity (Wildman–Crippen MR) is 63.8 cm³/mol. The van der Waals surface area contributed by atoms with Gasteiger partial charge in [0.15, 0.2) is 11.6 Å². The zero-order chi connectivity index (χ0) is 12.3. The van der Waals surface area contributed by atoms with Crippen molar-refractivity contribution < 1.29 is 8.78 Å². The molecule has 1 aromatic carbocycles. The normalized spacial score (nSPS) is 13.9. The van der Waals surface area contributed by atoms with Crippen molar-refractivity contribution in [2.45, 2.75) is 39.0 Å². The summed E-state index contributed by atoms with van der Waals surface area (Å²) in [4.78, 5) is 0. The molecule has 0 aromatic heterocycles. The van der Waals surface area contributed by atoms with Gasteiger partial charge >= 0.3 is 0 Å². The van der Waals surface area contributed by atoms with E-state index in [4.69, 9.17) is 11.6 Å². The van der Waals surface area contributed by atoms with Gasteiger partial charge in [0.25, 0.3) is 0 Å². The van der Waals surface area contributed by atoms with Crippen LogP contribution in [0.3, 0.4) is 0 Å². The van der Waals surface area contributed by atoms with E-state index in [1.54, 1.807) is 6.07 Å². The highest BCUT2D eigenvalue weighted by Gasteiger charge is 2.26. The van der Waals surface area contributed by atoms with Gasteiger partial charge in [-0.2, -0.15) is 0 Å². The smallest absolute Gasteiger partial charge is 0.159 e. The number of rotatable bonds is 4. The SMILES string of the molecule is CCC(C)(C)C(Cl)Cc1ccc(F)c(F)c1. The predicted octanol–water partition coefficient (Wildman–Crippen LogP) is 4.55. The number of hydrogen-bond acceptors (Lipinski definition) is 0. The summed E-state index contributed by atoms with van der Waals surface area (Å²) in [7, 11) is 0. The molecule has 0 nitrogen and oxygen atoms in total. The van der Waals surface area contributed by atoms with E-state index in [1.807, 2.05) is 0 Å². The fraction of sp³-hybridized carbons (Fsp3) is 0.538. The van der Waals surface area contributed by atoms with Gasteiger partial charge in [-0.3, -0.25) is 0 Å². The van der Waals surface area contributed by atoms with Gasteiger partial charge in [0, 0.05) is 5.38 Å². The monoisotopic (exact) mass is 246 g/mol. The Hall–Kier alpha value is -0.630. The highest BCUT2D eigenvalue weighted by molar-refractivity contribution is 6.21. The van der Waals surface area contributed by atoms with Gasteiger partial charge in [-0.25, -0.2) is 8.78 Å². The first-order valence-electron chi connectivity index (χ1n) is 5.45. The van der Waals surface area contributed by atoms with E-state index in [0.29, 0.717) is 6.42 Å². The van der Waals surface area contributed by atoms with E-state index in [2.05, 4.69) is 20.8 Å². The van der Waals surface area contributed by atoms with Gasteiger partial charge in [0.2, 0.25) is 0 Å². The van der Waals surface area contributed by atoms with Crippen LogP contribution in [-0.2, 0) is 6.42 Å². The van der Waals surface area contributed by atoms with Crippen LogP contribution in [0.2, 0.25) is 0 Å². The molecule has 0 saturated carbocycles. The Morgan fingerprint density at radius 1 is 1.25 bits per heavy atom. The Labute approximate surface area is 101 Å². The van der Waals surface area contributed by atoms with Crippen molar-refractivity contribution in [1.29, 1.82) is 0 Å². The number of benzene rings is 1. The second-order valence-corrected chi connectivity index (χ2v) is 5.29. The maximum Gasteiger partial charge on any atom is 0.159 e. The van der Waals surface area contributed by atoms with Gasteiger partial charge in [-0.1, -0.05) is 26.8 Å². The summed E-state index contributed by atoms with van der Waals surface area (Å²) < 4.78 is 25.7. The summed E-state index contributed by atoms with van der Waals surface area (Å²) in [6, 6.07) is 3.95. The molecule has 0 aliphatic rings. The van der Waals surface area contributed by atoms with Gasteiger partial charge in [-0.15, -0.1) is 11.6 Å². The number of alkyl halides is 1. The Bertz CT molecular complexity index is 361. The van der Waals surface area contributed by atoms with Crippen LogP contribution in [0, 0.1) is 17.0 Å². The first kappa shape index (κ1) is 13.4. The van der Waals surface area contributed by atoms with Gasteiger partial charge in [-0.05, 0) is 36.0 Å². The van der Waals surface area contributed by atoms with Crippen LogP contribution in [0.25, 0.3) is 0 Å². The zero-order valence-corrected chi connectivity index (χ0v) is 10.6. The molecule has 1 rings (SSSR count). The molecule has 1 atom stereocenters. The third-order valence-corrected chi connectivity index (χ3v) is 3.90. The molecule has 0 aliphatic heterocycles. The summed E-state index contributed by atoms with van der Waals surface area (Å²) in [6.07, 6.45) is 1.50. The summed E-state index contributed by atoms with van der Waals surface area (Å²) in [5.74, 6) is -1.62. The molecule has 0 fully saturated rings. The lowest BCUT2D eigenvalue weighted by atomic mass is 9.83. The van der Waals surface area contributed by atoms with Crippen LogP contribution >= 0.6 is 11.6 Å². The molecule has 0 N–H and O–H groups in total. The Morgan fingerprint density at radius 3 is 2.38 bits per heavy atom. The average Bonchev–Trinajstić information content (AvgIpc) is 2.23. The molecule has 0 heterocycles. The number of hydrogen-bond donors (Lipinski definition) is 0. The molecule has 0 radical (unpaired) electrons. The minimum absolute atomic E-state index is 0.00752. The molecule has 0 amide bonds. The van der Waals surface area contributed by atoms with Crippen LogP contribution in [0.1, 0.15) is 32.8 Å². The Morgan fingerprint density at radius 2 is 1.88 bits per heavy atom. The van der Waals surface area contributed by atoms with Crippen molar-refractivity contribution in [3.63, 3.8) is 0 Å². The third kappa shape index (κ3) is 3.18. The van der Waals surface area contributed by atoms with E-state index >= 15 is 0 Å². The van der Waals surface area contributed by atoms with E-state index < -0.39 is 11.6 Å². The topological polar surface area (TPSA) is 0 Å². The largest absolute Gasteiger partial charge is 0.204 e. The van der Waals surface area contributed by atoms with Crippen molar-refractivity contribution >= 4 is 11.6 Å². The first-order chi connectivity index (χ1) is 7.36. The molecular formula is C13H17ClF2. The van der Waals surface area contributed by atoms with E-state index in [1.165, 1.54) is 6.07 Å². The highest BCUT2D eigenvalue weighted by Crippen LogP contribution is 2.31. The fourth-order valence-corrected chi connectivity index (χ4v) is 1.70. The van der Waals surface area contributed by atoms with E-state index in [0.717, 1.165) is 18.1 Å². The zero-order valence-electron chi connectivity index (χ0n) is 9.86. The van der Waals surface area contributed by atoms with Crippen LogP contribution in [-0.4, -0.2) is 5.38 Å². The first-order valence-corrected chi connectivity index (χ1v) is 5.88. The minimum atomic E-state index is -0.815. The Kier molecular flexibility index (Phi) is 4.31. The molecule has 90 valence electrons. The van der Waals surface area contributed by atoms with E-state index in [-0.39, 0.29) is 10.8 Å². The minimum Gasteiger partial charge on any atom is -0.204 e. The molecule has 1 aromatic rings. The van der Waals surface area contributed by atoms with E-state index in [9.17, 15) is 8.78 Å². The van der Waals surface area contributed by atoms with Crippen molar-refractivity contribution in [2.24, 2.45) is 5.41 Å². The standard InChI is InChI=1S/C13H17ClF2/c1-4-13(2,3)12(14)8-9-5-6-10(15)11(16)7-9/h5-7,12H,4,8H2,1-3H3. The maximum atomic E-state index is 13.0. The number of halogens is 3. The highest BCUT2D eigenvalue weighted by atomic mass is 35.5. The van der Waals surface area contributed by atoms with Crippen LogP contribution < -0.4 is 0 Å². The lowest BCUT2D eigenvalue weighted by Crippen LogP contribution is -2.25. The van der Waals surface area contributed by atoms with Gasteiger partial charge < -0.3 is 0 Å². The van der Waals surface area contributed by atoms with Crippen LogP contribution in [0.5, 0.6) is 0 Å². The lowest BCUT2D eigenvalue weighted by molar-refractivity contribution is 0.329. The summed E-state index contributed by atoms with van der Waals surface area (Å²) in [5.41, 5.74) is 0.729. The van der Waals surface area contributed by atoms with Gasteiger partial charge in [0.05, 0.1) is 0 Å². The molecule has 1 unspecified atom stereocenters. The second-order valence-electron chi connectivity index (χ2n) is 4.76. The molecular weight excluding hydrogens is 230 g/mol. The molecule has 0 aliphatic carbocycles.